The SMILES string of the molecule is COc1ccc([C@@H]2C[C@@H](c3ccc(Cl)cc3)n3ncnc3N2C(=O)CC(C)C)cc1. The Hall–Kier alpha value is -2.86. The van der Waals surface area contributed by atoms with Gasteiger partial charge in [0.05, 0.1) is 19.2 Å². The third-order valence-corrected chi connectivity index (χ3v) is 5.68. The van der Waals surface area contributed by atoms with Gasteiger partial charge in [-0.2, -0.15) is 10.1 Å². The van der Waals surface area contributed by atoms with E-state index in [4.69, 9.17) is 16.3 Å². The van der Waals surface area contributed by atoms with Crippen molar-refractivity contribution in [2.24, 2.45) is 5.92 Å². The lowest BCUT2D eigenvalue weighted by Gasteiger charge is -2.39. The molecule has 3 aromatic rings. The summed E-state index contributed by atoms with van der Waals surface area (Å²) in [7, 11) is 1.65. The van der Waals surface area contributed by atoms with Crippen LogP contribution in [0.1, 0.15) is 49.9 Å². The fourth-order valence-corrected chi connectivity index (χ4v) is 4.12. The number of nitrogens with zero attached hydrogens (tertiary/aromatic N) is 4. The van der Waals surface area contributed by atoms with E-state index >= 15 is 0 Å². The minimum Gasteiger partial charge on any atom is -0.497 e. The summed E-state index contributed by atoms with van der Waals surface area (Å²) >= 11 is 6.10. The van der Waals surface area contributed by atoms with Crippen LogP contribution in [0.5, 0.6) is 5.75 Å². The molecular formula is C23H25ClN4O2. The van der Waals surface area contributed by atoms with E-state index in [0.29, 0.717) is 23.8 Å². The molecule has 7 heteroatoms. The highest BCUT2D eigenvalue weighted by atomic mass is 35.5. The van der Waals surface area contributed by atoms with Crippen molar-refractivity contribution >= 4 is 23.5 Å². The molecule has 0 radical (unpaired) electrons. The molecule has 4 rings (SSSR count). The van der Waals surface area contributed by atoms with Crippen LogP contribution in [0.2, 0.25) is 5.02 Å². The normalized spacial score (nSPS) is 18.4. The highest BCUT2D eigenvalue weighted by Gasteiger charge is 2.39. The molecule has 6 nitrogen and oxygen atoms in total. The van der Waals surface area contributed by atoms with E-state index in [-0.39, 0.29) is 23.9 Å². The van der Waals surface area contributed by atoms with E-state index in [9.17, 15) is 4.79 Å². The third-order valence-electron chi connectivity index (χ3n) is 5.43. The van der Waals surface area contributed by atoms with E-state index in [1.54, 1.807) is 12.0 Å². The first-order valence-corrected chi connectivity index (χ1v) is 10.5. The standard InChI is InChI=1S/C23H25ClN4O2/c1-15(2)12-22(29)27-20(16-6-10-19(30-3)11-7-16)13-21(28-23(27)25-14-26-28)17-4-8-18(24)9-5-17/h4-11,14-15,20-21H,12-13H2,1-3H3/t20-,21-/m0/s1. The van der Waals surface area contributed by atoms with Crippen LogP contribution in [0.25, 0.3) is 0 Å². The van der Waals surface area contributed by atoms with Gasteiger partial charge < -0.3 is 4.74 Å². The maximum atomic E-state index is 13.3. The minimum atomic E-state index is -0.153. The Bertz CT molecular complexity index is 1010. The minimum absolute atomic E-state index is 0.0463. The highest BCUT2D eigenvalue weighted by Crippen LogP contribution is 2.42. The van der Waals surface area contributed by atoms with Crippen LogP contribution < -0.4 is 9.64 Å². The summed E-state index contributed by atoms with van der Waals surface area (Å²) in [5.41, 5.74) is 2.13. The Morgan fingerprint density at radius 3 is 2.37 bits per heavy atom. The fourth-order valence-electron chi connectivity index (χ4n) is 4.00. The quantitative estimate of drug-likeness (QED) is 0.574. The van der Waals surface area contributed by atoms with Crippen LogP contribution in [0.15, 0.2) is 54.9 Å². The van der Waals surface area contributed by atoms with Crippen LogP contribution in [0.4, 0.5) is 5.95 Å². The van der Waals surface area contributed by atoms with Crippen LogP contribution in [0.3, 0.4) is 0 Å². The summed E-state index contributed by atoms with van der Waals surface area (Å²) in [6.07, 6.45) is 2.66. The maximum absolute atomic E-state index is 13.3. The zero-order valence-electron chi connectivity index (χ0n) is 17.3. The summed E-state index contributed by atoms with van der Waals surface area (Å²) in [5, 5.41) is 5.15. The molecule has 1 aliphatic heterocycles. The molecule has 1 aromatic heterocycles. The Kier molecular flexibility index (Phi) is 5.77. The Morgan fingerprint density at radius 1 is 1.10 bits per heavy atom. The number of fused-ring (bicyclic) bond motifs is 1. The number of halogens is 1. The Balaban J connectivity index is 1.80. The van der Waals surface area contributed by atoms with Crippen molar-refractivity contribution < 1.29 is 9.53 Å². The molecule has 30 heavy (non-hydrogen) atoms. The Labute approximate surface area is 181 Å². The van der Waals surface area contributed by atoms with Gasteiger partial charge in [-0.15, -0.1) is 0 Å². The van der Waals surface area contributed by atoms with Crippen molar-refractivity contribution in [1.29, 1.82) is 0 Å². The molecule has 0 fully saturated rings. The number of benzene rings is 2. The summed E-state index contributed by atoms with van der Waals surface area (Å²) < 4.78 is 7.16. The molecule has 0 saturated carbocycles. The smallest absolute Gasteiger partial charge is 0.231 e. The van der Waals surface area contributed by atoms with Crippen molar-refractivity contribution in [3.05, 3.63) is 71.0 Å². The number of rotatable bonds is 5. The van der Waals surface area contributed by atoms with Gasteiger partial charge in [-0.05, 0) is 47.7 Å². The molecule has 2 atom stereocenters. The van der Waals surface area contributed by atoms with Crippen LogP contribution in [0, 0.1) is 5.92 Å². The topological polar surface area (TPSA) is 60.2 Å². The summed E-state index contributed by atoms with van der Waals surface area (Å²) in [5.74, 6) is 1.66. The number of hydrogen-bond acceptors (Lipinski definition) is 4. The maximum Gasteiger partial charge on any atom is 0.231 e. The number of ether oxygens (including phenoxy) is 1. The number of amides is 1. The van der Waals surface area contributed by atoms with Gasteiger partial charge in [0.15, 0.2) is 0 Å². The fraction of sp³-hybridized carbons (Fsp3) is 0.348. The largest absolute Gasteiger partial charge is 0.497 e. The van der Waals surface area contributed by atoms with Crippen molar-refractivity contribution in [2.75, 3.05) is 12.0 Å². The van der Waals surface area contributed by atoms with Crippen LogP contribution in [-0.2, 0) is 4.79 Å². The summed E-state index contributed by atoms with van der Waals surface area (Å²) in [6.45, 7) is 4.09. The lowest BCUT2D eigenvalue weighted by atomic mass is 9.91. The number of anilines is 1. The second kappa shape index (κ2) is 8.48. The molecule has 2 heterocycles. The third kappa shape index (κ3) is 3.92. The molecule has 0 N–H and O–H groups in total. The predicted octanol–water partition coefficient (Wildman–Crippen LogP) is 5.05. The summed E-state index contributed by atoms with van der Waals surface area (Å²) in [6, 6.07) is 15.5. The van der Waals surface area contributed by atoms with Crippen LogP contribution in [-0.4, -0.2) is 27.8 Å². The number of hydrogen-bond donors (Lipinski definition) is 0. The van der Waals surface area contributed by atoms with Crippen molar-refractivity contribution in [3.8, 4) is 5.75 Å². The van der Waals surface area contributed by atoms with Crippen molar-refractivity contribution in [2.45, 2.75) is 38.8 Å². The molecule has 0 unspecified atom stereocenters. The van der Waals surface area contributed by atoms with Gasteiger partial charge in [0.2, 0.25) is 11.9 Å². The van der Waals surface area contributed by atoms with Gasteiger partial charge >= 0.3 is 0 Å². The molecule has 156 valence electrons. The second-order valence-electron chi connectivity index (χ2n) is 7.96. The second-order valence-corrected chi connectivity index (χ2v) is 8.39. The van der Waals surface area contributed by atoms with Gasteiger partial charge in [-0.25, -0.2) is 4.68 Å². The molecule has 2 aromatic carbocycles. The molecule has 0 aliphatic carbocycles. The van der Waals surface area contributed by atoms with E-state index in [1.165, 1.54) is 6.33 Å². The first-order valence-electron chi connectivity index (χ1n) is 10.1. The highest BCUT2D eigenvalue weighted by molar-refractivity contribution is 6.30. The predicted molar refractivity (Wildman–Crippen MR) is 117 cm³/mol. The zero-order valence-corrected chi connectivity index (χ0v) is 18.1. The number of aromatic nitrogens is 3. The molecule has 1 aliphatic rings. The molecule has 0 saturated heterocycles. The van der Waals surface area contributed by atoms with Gasteiger partial charge in [-0.1, -0.05) is 49.7 Å². The first kappa shape index (κ1) is 20.4. The van der Waals surface area contributed by atoms with Gasteiger partial charge in [0, 0.05) is 11.4 Å². The van der Waals surface area contributed by atoms with Crippen LogP contribution >= 0.6 is 11.6 Å². The van der Waals surface area contributed by atoms with Gasteiger partial charge in [0.25, 0.3) is 0 Å². The van der Waals surface area contributed by atoms with Gasteiger partial charge in [0.1, 0.15) is 12.1 Å². The number of carbonyl (C=O) groups excluding carboxylic acids is 1. The lowest BCUT2D eigenvalue weighted by molar-refractivity contribution is -0.120. The summed E-state index contributed by atoms with van der Waals surface area (Å²) in [4.78, 5) is 19.5. The van der Waals surface area contributed by atoms with Gasteiger partial charge in [-0.3, -0.25) is 9.69 Å². The number of methoxy groups -OCH3 is 1. The first-order chi connectivity index (χ1) is 14.5. The van der Waals surface area contributed by atoms with E-state index < -0.39 is 0 Å². The average Bonchev–Trinajstić information content (AvgIpc) is 3.22. The molecular weight excluding hydrogens is 400 g/mol. The van der Waals surface area contributed by atoms with Crippen molar-refractivity contribution in [1.82, 2.24) is 14.8 Å². The van der Waals surface area contributed by atoms with E-state index in [2.05, 4.69) is 10.1 Å². The monoisotopic (exact) mass is 424 g/mol. The zero-order chi connectivity index (χ0) is 21.3. The average molecular weight is 425 g/mol. The molecule has 0 spiro atoms. The van der Waals surface area contributed by atoms with Crippen molar-refractivity contribution in [3.63, 3.8) is 0 Å². The van der Waals surface area contributed by atoms with E-state index in [1.807, 2.05) is 67.1 Å². The molecule has 1 amide bonds. The lowest BCUT2D eigenvalue weighted by Crippen LogP contribution is -2.43. The van der Waals surface area contributed by atoms with E-state index in [0.717, 1.165) is 16.9 Å². The number of carbonyl (C=O) groups is 1. The molecule has 0 bridgehead atoms. The Morgan fingerprint density at radius 2 is 1.73 bits per heavy atom.